The van der Waals surface area contributed by atoms with Gasteiger partial charge < -0.3 is 9.64 Å². The highest BCUT2D eigenvalue weighted by molar-refractivity contribution is 8.27. The lowest BCUT2D eigenvalue weighted by atomic mass is 10.1. The SMILES string of the molecule is COc1ccc(N2C(=O)/C(=C\c3ccc(N(C)c4ccccc4)cc3)SC2=S)cc1. The zero-order valence-corrected chi connectivity index (χ0v) is 18.2. The molecule has 1 aliphatic heterocycles. The van der Waals surface area contributed by atoms with Gasteiger partial charge in [-0.1, -0.05) is 54.3 Å². The fourth-order valence-corrected chi connectivity index (χ4v) is 4.47. The summed E-state index contributed by atoms with van der Waals surface area (Å²) in [6.45, 7) is 0. The standard InChI is InChI=1S/C24H20N2O2S2/c1-25(18-6-4-3-5-7-18)19-10-8-17(9-11-19)16-22-23(27)26(24(29)30-22)20-12-14-21(28-2)15-13-20/h3-16H,1-2H3/b22-16+. The molecule has 1 aliphatic rings. The van der Waals surface area contributed by atoms with Gasteiger partial charge in [0.25, 0.3) is 5.91 Å². The maximum Gasteiger partial charge on any atom is 0.270 e. The van der Waals surface area contributed by atoms with Gasteiger partial charge in [-0.3, -0.25) is 9.69 Å². The Hall–Kier alpha value is -3.09. The van der Waals surface area contributed by atoms with Crippen molar-refractivity contribution >= 4 is 57.3 Å². The van der Waals surface area contributed by atoms with E-state index in [0.29, 0.717) is 9.23 Å². The third-order valence-corrected chi connectivity index (χ3v) is 6.15. The first-order chi connectivity index (χ1) is 14.6. The van der Waals surface area contributed by atoms with Crippen LogP contribution in [-0.2, 0) is 4.79 Å². The highest BCUT2D eigenvalue weighted by Gasteiger charge is 2.33. The minimum absolute atomic E-state index is 0.111. The smallest absolute Gasteiger partial charge is 0.270 e. The van der Waals surface area contributed by atoms with Crippen molar-refractivity contribution in [3.63, 3.8) is 0 Å². The van der Waals surface area contributed by atoms with Gasteiger partial charge in [0.2, 0.25) is 0 Å². The van der Waals surface area contributed by atoms with Gasteiger partial charge in [-0.25, -0.2) is 0 Å². The van der Waals surface area contributed by atoms with Crippen LogP contribution in [0.5, 0.6) is 5.75 Å². The molecule has 1 fully saturated rings. The number of carbonyl (C=O) groups is 1. The minimum atomic E-state index is -0.111. The van der Waals surface area contributed by atoms with Gasteiger partial charge in [0.1, 0.15) is 5.75 Å². The van der Waals surface area contributed by atoms with E-state index in [-0.39, 0.29) is 5.91 Å². The molecule has 0 radical (unpaired) electrons. The summed E-state index contributed by atoms with van der Waals surface area (Å²) in [7, 11) is 3.64. The maximum atomic E-state index is 12.9. The molecule has 1 saturated heterocycles. The largest absolute Gasteiger partial charge is 0.497 e. The second-order valence-electron chi connectivity index (χ2n) is 6.70. The number of ether oxygens (including phenoxy) is 1. The highest BCUT2D eigenvalue weighted by atomic mass is 32.2. The molecule has 4 rings (SSSR count). The Labute approximate surface area is 185 Å². The molecule has 3 aromatic rings. The summed E-state index contributed by atoms with van der Waals surface area (Å²) in [6.07, 6.45) is 1.88. The fourth-order valence-electron chi connectivity index (χ4n) is 3.17. The topological polar surface area (TPSA) is 32.8 Å². The van der Waals surface area contributed by atoms with Crippen molar-refractivity contribution in [1.29, 1.82) is 0 Å². The average Bonchev–Trinajstić information content (AvgIpc) is 3.07. The van der Waals surface area contributed by atoms with Crippen molar-refractivity contribution in [2.75, 3.05) is 24.0 Å². The van der Waals surface area contributed by atoms with Gasteiger partial charge in [-0.2, -0.15) is 0 Å². The van der Waals surface area contributed by atoms with Gasteiger partial charge in [0.15, 0.2) is 4.32 Å². The van der Waals surface area contributed by atoms with Crippen molar-refractivity contribution in [2.24, 2.45) is 0 Å². The van der Waals surface area contributed by atoms with E-state index in [2.05, 4.69) is 17.0 Å². The van der Waals surface area contributed by atoms with Gasteiger partial charge in [0.05, 0.1) is 17.7 Å². The number of anilines is 3. The van der Waals surface area contributed by atoms with Crippen LogP contribution in [0.25, 0.3) is 6.08 Å². The highest BCUT2D eigenvalue weighted by Crippen LogP contribution is 2.36. The molecule has 150 valence electrons. The fraction of sp³-hybridized carbons (Fsp3) is 0.0833. The molecule has 0 atom stereocenters. The number of carbonyl (C=O) groups excluding carboxylic acids is 1. The van der Waals surface area contributed by atoms with E-state index < -0.39 is 0 Å². The van der Waals surface area contributed by atoms with Crippen molar-refractivity contribution < 1.29 is 9.53 Å². The number of thiocarbonyl (C=S) groups is 1. The Kier molecular flexibility index (Phi) is 5.88. The lowest BCUT2D eigenvalue weighted by Gasteiger charge is -2.19. The Morgan fingerprint density at radius 3 is 2.20 bits per heavy atom. The van der Waals surface area contributed by atoms with Crippen molar-refractivity contribution in [3.05, 3.63) is 89.3 Å². The molecule has 0 N–H and O–H groups in total. The quantitative estimate of drug-likeness (QED) is 0.372. The number of thioether (sulfide) groups is 1. The zero-order valence-electron chi connectivity index (χ0n) is 16.6. The van der Waals surface area contributed by atoms with Crippen LogP contribution in [0.15, 0.2) is 83.8 Å². The zero-order chi connectivity index (χ0) is 21.1. The number of amides is 1. The van der Waals surface area contributed by atoms with Crippen LogP contribution in [0.2, 0.25) is 0 Å². The first kappa shape index (κ1) is 20.2. The molecule has 0 unspecified atom stereocenters. The average molecular weight is 433 g/mol. The summed E-state index contributed by atoms with van der Waals surface area (Å²) in [5, 5.41) is 0. The van der Waals surface area contributed by atoms with Crippen LogP contribution in [-0.4, -0.2) is 24.4 Å². The van der Waals surface area contributed by atoms with Gasteiger partial charge in [0, 0.05) is 18.4 Å². The second-order valence-corrected chi connectivity index (χ2v) is 8.38. The van der Waals surface area contributed by atoms with E-state index in [1.807, 2.05) is 79.9 Å². The van der Waals surface area contributed by atoms with Crippen LogP contribution in [0.1, 0.15) is 5.56 Å². The predicted octanol–water partition coefficient (Wildman–Crippen LogP) is 5.87. The molecule has 6 heteroatoms. The summed E-state index contributed by atoms with van der Waals surface area (Å²) < 4.78 is 5.71. The number of hydrogen-bond acceptors (Lipinski definition) is 5. The van der Waals surface area contributed by atoms with Crippen LogP contribution in [0, 0.1) is 0 Å². The molecular formula is C24H20N2O2S2. The van der Waals surface area contributed by atoms with Gasteiger partial charge in [-0.05, 0) is 60.2 Å². The summed E-state index contributed by atoms with van der Waals surface area (Å²) in [5.41, 5.74) is 3.88. The summed E-state index contributed by atoms with van der Waals surface area (Å²) >= 11 is 6.77. The molecule has 0 spiro atoms. The molecular weight excluding hydrogens is 412 g/mol. The van der Waals surface area contributed by atoms with Crippen molar-refractivity contribution in [3.8, 4) is 5.75 Å². The molecule has 0 saturated carbocycles. The molecule has 30 heavy (non-hydrogen) atoms. The van der Waals surface area contributed by atoms with Crippen molar-refractivity contribution in [1.82, 2.24) is 0 Å². The number of benzene rings is 3. The number of rotatable bonds is 5. The molecule has 4 nitrogen and oxygen atoms in total. The van der Waals surface area contributed by atoms with Crippen LogP contribution in [0.3, 0.4) is 0 Å². The number of para-hydroxylation sites is 1. The molecule has 1 amide bonds. The monoisotopic (exact) mass is 432 g/mol. The summed E-state index contributed by atoms with van der Waals surface area (Å²) in [6, 6.07) is 25.6. The lowest BCUT2D eigenvalue weighted by Crippen LogP contribution is -2.27. The Bertz CT molecular complexity index is 1090. The van der Waals surface area contributed by atoms with Crippen LogP contribution < -0.4 is 14.5 Å². The number of hydrogen-bond donors (Lipinski definition) is 0. The Morgan fingerprint density at radius 1 is 0.933 bits per heavy atom. The Balaban J connectivity index is 1.53. The van der Waals surface area contributed by atoms with Crippen molar-refractivity contribution in [2.45, 2.75) is 0 Å². The van der Waals surface area contributed by atoms with Crippen LogP contribution in [0.4, 0.5) is 17.1 Å². The van der Waals surface area contributed by atoms with Gasteiger partial charge >= 0.3 is 0 Å². The second kappa shape index (κ2) is 8.73. The van der Waals surface area contributed by atoms with E-state index in [0.717, 1.165) is 28.4 Å². The first-order valence-electron chi connectivity index (χ1n) is 9.37. The Morgan fingerprint density at radius 2 is 1.57 bits per heavy atom. The van der Waals surface area contributed by atoms with E-state index in [9.17, 15) is 4.79 Å². The van der Waals surface area contributed by atoms with E-state index in [4.69, 9.17) is 17.0 Å². The molecule has 3 aromatic carbocycles. The van der Waals surface area contributed by atoms with E-state index in [1.54, 1.807) is 12.0 Å². The minimum Gasteiger partial charge on any atom is -0.497 e. The lowest BCUT2D eigenvalue weighted by molar-refractivity contribution is -0.113. The normalized spacial score (nSPS) is 15.0. The number of nitrogens with zero attached hydrogens (tertiary/aromatic N) is 2. The van der Waals surface area contributed by atoms with Crippen LogP contribution >= 0.6 is 24.0 Å². The third kappa shape index (κ3) is 4.10. The molecule has 0 aliphatic carbocycles. The van der Waals surface area contributed by atoms with E-state index in [1.165, 1.54) is 11.8 Å². The van der Waals surface area contributed by atoms with E-state index >= 15 is 0 Å². The maximum absolute atomic E-state index is 12.9. The summed E-state index contributed by atoms with van der Waals surface area (Å²) in [4.78, 5) is 17.2. The third-order valence-electron chi connectivity index (χ3n) is 4.85. The number of methoxy groups -OCH3 is 1. The molecule has 1 heterocycles. The first-order valence-corrected chi connectivity index (χ1v) is 10.6. The molecule has 0 bridgehead atoms. The predicted molar refractivity (Wildman–Crippen MR) is 130 cm³/mol. The summed E-state index contributed by atoms with van der Waals surface area (Å²) in [5.74, 6) is 0.626. The molecule has 0 aromatic heterocycles. The van der Waals surface area contributed by atoms with Gasteiger partial charge in [-0.15, -0.1) is 0 Å².